The molecule has 1 saturated heterocycles. The molecule has 2 N–H and O–H groups in total. The van der Waals surface area contributed by atoms with Gasteiger partial charge in [0.15, 0.2) is 5.82 Å². The fourth-order valence-electron chi connectivity index (χ4n) is 2.59. The molecule has 0 saturated carbocycles. The number of amides is 1. The second-order valence-corrected chi connectivity index (χ2v) is 5.40. The van der Waals surface area contributed by atoms with Crippen LogP contribution < -0.4 is 0 Å². The molecule has 22 heavy (non-hydrogen) atoms. The summed E-state index contributed by atoms with van der Waals surface area (Å²) in [7, 11) is 0. The number of nitrogens with one attached hydrogen (secondary N) is 1. The highest BCUT2D eigenvalue weighted by molar-refractivity contribution is 5.95. The van der Waals surface area contributed by atoms with E-state index in [4.69, 9.17) is 5.11 Å². The Balaban J connectivity index is 1.80. The molecule has 7 heteroatoms. The molecule has 0 aliphatic carbocycles. The molecule has 1 amide bonds. The summed E-state index contributed by atoms with van der Waals surface area (Å²) in [5, 5.41) is 15.9. The van der Waals surface area contributed by atoms with E-state index in [0.29, 0.717) is 30.2 Å². The molecule has 3 rings (SSSR count). The summed E-state index contributed by atoms with van der Waals surface area (Å²) in [5.74, 6) is -0.228. The summed E-state index contributed by atoms with van der Waals surface area (Å²) in [6.45, 7) is 2.54. The lowest BCUT2D eigenvalue weighted by Gasteiger charge is -2.16. The number of carboxylic acid groups (broad SMARTS) is 1. The van der Waals surface area contributed by atoms with Gasteiger partial charge in [-0.1, -0.05) is 12.1 Å². The van der Waals surface area contributed by atoms with Gasteiger partial charge in [0, 0.05) is 24.2 Å². The molecular weight excluding hydrogens is 284 g/mol. The van der Waals surface area contributed by atoms with Crippen LogP contribution in [0.25, 0.3) is 11.4 Å². The Hall–Kier alpha value is -2.70. The Bertz CT molecular complexity index is 725. The second kappa shape index (κ2) is 5.59. The normalized spacial score (nSPS) is 17.7. The van der Waals surface area contributed by atoms with Crippen LogP contribution in [0.2, 0.25) is 0 Å². The van der Waals surface area contributed by atoms with E-state index in [1.165, 1.54) is 0 Å². The molecule has 0 spiro atoms. The van der Waals surface area contributed by atoms with Crippen molar-refractivity contribution in [2.24, 2.45) is 5.92 Å². The fourth-order valence-corrected chi connectivity index (χ4v) is 2.59. The Labute approximate surface area is 127 Å². The summed E-state index contributed by atoms with van der Waals surface area (Å²) in [4.78, 5) is 29.3. The number of likely N-dealkylation sites (tertiary alicyclic amines) is 1. The number of nitrogens with zero attached hydrogens (tertiary/aromatic N) is 3. The minimum absolute atomic E-state index is 0.155. The zero-order chi connectivity index (χ0) is 15.7. The van der Waals surface area contributed by atoms with Crippen molar-refractivity contribution in [2.45, 2.75) is 13.3 Å². The van der Waals surface area contributed by atoms with E-state index >= 15 is 0 Å². The summed E-state index contributed by atoms with van der Waals surface area (Å²) < 4.78 is 0. The van der Waals surface area contributed by atoms with E-state index in [2.05, 4.69) is 15.2 Å². The van der Waals surface area contributed by atoms with Crippen molar-refractivity contribution in [1.82, 2.24) is 20.1 Å². The van der Waals surface area contributed by atoms with Crippen molar-refractivity contribution in [3.8, 4) is 11.4 Å². The first-order valence-electron chi connectivity index (χ1n) is 7.06. The van der Waals surface area contributed by atoms with Crippen molar-refractivity contribution >= 4 is 11.9 Å². The third-order valence-corrected chi connectivity index (χ3v) is 3.79. The van der Waals surface area contributed by atoms with Gasteiger partial charge in [0.2, 0.25) is 0 Å². The zero-order valence-electron chi connectivity index (χ0n) is 12.1. The third kappa shape index (κ3) is 2.69. The van der Waals surface area contributed by atoms with Gasteiger partial charge < -0.3 is 10.0 Å². The molecule has 1 aliphatic rings. The van der Waals surface area contributed by atoms with Crippen molar-refractivity contribution in [1.29, 1.82) is 0 Å². The quantitative estimate of drug-likeness (QED) is 0.890. The summed E-state index contributed by atoms with van der Waals surface area (Å²) in [6, 6.07) is 7.07. The van der Waals surface area contributed by atoms with Crippen LogP contribution in [0.15, 0.2) is 24.3 Å². The molecule has 7 nitrogen and oxygen atoms in total. The molecule has 2 aromatic rings. The summed E-state index contributed by atoms with van der Waals surface area (Å²) >= 11 is 0. The van der Waals surface area contributed by atoms with Crippen molar-refractivity contribution < 1.29 is 14.7 Å². The number of aromatic amines is 1. The Morgan fingerprint density at radius 2 is 2.23 bits per heavy atom. The predicted molar refractivity (Wildman–Crippen MR) is 78.2 cm³/mol. The molecule has 0 bridgehead atoms. The molecule has 0 unspecified atom stereocenters. The number of aryl methyl sites for hydroxylation is 1. The van der Waals surface area contributed by atoms with Crippen LogP contribution >= 0.6 is 0 Å². The van der Waals surface area contributed by atoms with Crippen LogP contribution in [-0.4, -0.2) is 50.2 Å². The lowest BCUT2D eigenvalue weighted by atomic mass is 10.1. The lowest BCUT2D eigenvalue weighted by Crippen LogP contribution is -2.29. The Morgan fingerprint density at radius 3 is 2.86 bits per heavy atom. The molecule has 1 aromatic carbocycles. The van der Waals surface area contributed by atoms with E-state index in [1.54, 1.807) is 23.1 Å². The molecule has 1 atom stereocenters. The number of H-pyrrole nitrogens is 1. The largest absolute Gasteiger partial charge is 0.481 e. The molecule has 114 valence electrons. The molecule has 0 radical (unpaired) electrons. The van der Waals surface area contributed by atoms with Gasteiger partial charge in [-0.2, -0.15) is 5.10 Å². The Kier molecular flexibility index (Phi) is 3.62. The maximum absolute atomic E-state index is 12.5. The van der Waals surface area contributed by atoms with Gasteiger partial charge in [-0.3, -0.25) is 14.7 Å². The number of hydrogen-bond acceptors (Lipinski definition) is 4. The standard InChI is InChI=1S/C15H16N4O3/c1-9-16-13(18-17-9)10-3-2-4-11(7-10)14(20)19-6-5-12(8-19)15(21)22/h2-4,7,12H,5-6,8H2,1H3,(H,21,22)(H,16,17,18)/t12-/m1/s1. The monoisotopic (exact) mass is 300 g/mol. The van der Waals surface area contributed by atoms with Gasteiger partial charge in [0.25, 0.3) is 5.91 Å². The van der Waals surface area contributed by atoms with Crippen LogP contribution in [0.3, 0.4) is 0 Å². The van der Waals surface area contributed by atoms with E-state index in [1.807, 2.05) is 13.0 Å². The summed E-state index contributed by atoms with van der Waals surface area (Å²) in [5.41, 5.74) is 1.27. The number of hydrogen-bond donors (Lipinski definition) is 2. The number of benzene rings is 1. The number of aromatic nitrogens is 3. The average Bonchev–Trinajstić information content (AvgIpc) is 3.15. The molecular formula is C15H16N4O3. The highest BCUT2D eigenvalue weighted by Crippen LogP contribution is 2.21. The molecule has 1 aliphatic heterocycles. The maximum Gasteiger partial charge on any atom is 0.308 e. The van der Waals surface area contributed by atoms with Crippen molar-refractivity contribution in [2.75, 3.05) is 13.1 Å². The van der Waals surface area contributed by atoms with Crippen LogP contribution in [0.1, 0.15) is 22.6 Å². The number of carbonyl (C=O) groups is 2. The van der Waals surface area contributed by atoms with Gasteiger partial charge >= 0.3 is 5.97 Å². The zero-order valence-corrected chi connectivity index (χ0v) is 12.1. The first-order chi connectivity index (χ1) is 10.5. The predicted octanol–water partition coefficient (Wildman–Crippen LogP) is 1.33. The third-order valence-electron chi connectivity index (χ3n) is 3.79. The highest BCUT2D eigenvalue weighted by Gasteiger charge is 2.31. The van der Waals surface area contributed by atoms with E-state index in [-0.39, 0.29) is 12.5 Å². The van der Waals surface area contributed by atoms with Crippen LogP contribution in [0.4, 0.5) is 0 Å². The van der Waals surface area contributed by atoms with Gasteiger partial charge in [0.05, 0.1) is 5.92 Å². The molecule has 2 heterocycles. The smallest absolute Gasteiger partial charge is 0.308 e. The van der Waals surface area contributed by atoms with Gasteiger partial charge in [-0.05, 0) is 25.5 Å². The van der Waals surface area contributed by atoms with Crippen LogP contribution in [-0.2, 0) is 4.79 Å². The van der Waals surface area contributed by atoms with Crippen molar-refractivity contribution in [3.63, 3.8) is 0 Å². The first-order valence-corrected chi connectivity index (χ1v) is 7.06. The average molecular weight is 300 g/mol. The molecule has 1 fully saturated rings. The van der Waals surface area contributed by atoms with Crippen LogP contribution in [0.5, 0.6) is 0 Å². The number of aliphatic carboxylic acids is 1. The number of carbonyl (C=O) groups excluding carboxylic acids is 1. The number of carboxylic acids is 1. The van der Waals surface area contributed by atoms with Crippen molar-refractivity contribution in [3.05, 3.63) is 35.7 Å². The molecule has 1 aromatic heterocycles. The first kappa shape index (κ1) is 14.2. The van der Waals surface area contributed by atoms with Gasteiger partial charge in [-0.15, -0.1) is 0 Å². The van der Waals surface area contributed by atoms with E-state index in [0.717, 1.165) is 5.56 Å². The highest BCUT2D eigenvalue weighted by atomic mass is 16.4. The fraction of sp³-hybridized carbons (Fsp3) is 0.333. The Morgan fingerprint density at radius 1 is 1.41 bits per heavy atom. The maximum atomic E-state index is 12.5. The van der Waals surface area contributed by atoms with E-state index < -0.39 is 11.9 Å². The SMILES string of the molecule is Cc1nc(-c2cccc(C(=O)N3CC[C@@H](C(=O)O)C3)c2)n[nH]1. The second-order valence-electron chi connectivity index (χ2n) is 5.40. The van der Waals surface area contributed by atoms with E-state index in [9.17, 15) is 9.59 Å². The van der Waals surface area contributed by atoms with Crippen LogP contribution in [0, 0.1) is 12.8 Å². The van der Waals surface area contributed by atoms with Gasteiger partial charge in [-0.25, -0.2) is 4.98 Å². The van der Waals surface area contributed by atoms with Gasteiger partial charge in [0.1, 0.15) is 5.82 Å². The lowest BCUT2D eigenvalue weighted by molar-refractivity contribution is -0.141. The summed E-state index contributed by atoms with van der Waals surface area (Å²) in [6.07, 6.45) is 0.501. The topological polar surface area (TPSA) is 99.2 Å². The number of rotatable bonds is 3. The minimum atomic E-state index is -0.847. The minimum Gasteiger partial charge on any atom is -0.481 e.